The van der Waals surface area contributed by atoms with Crippen LogP contribution in [0.2, 0.25) is 0 Å². The molecule has 2 aromatic rings. The summed E-state index contributed by atoms with van der Waals surface area (Å²) in [5, 5.41) is 17.9. The predicted molar refractivity (Wildman–Crippen MR) is 117 cm³/mol. The van der Waals surface area contributed by atoms with E-state index in [1.807, 2.05) is 0 Å². The van der Waals surface area contributed by atoms with Gasteiger partial charge in [-0.05, 0) is 55.6 Å². The second-order valence-corrected chi connectivity index (χ2v) is 10.5. The summed E-state index contributed by atoms with van der Waals surface area (Å²) in [6.45, 7) is 0.999. The number of hydrogen-bond acceptors (Lipinski definition) is 7. The van der Waals surface area contributed by atoms with E-state index in [1.54, 1.807) is 0 Å². The Balaban J connectivity index is 1.86. The topological polar surface area (TPSA) is 139 Å². The molecule has 0 radical (unpaired) electrons. The standard InChI is InChI=1S/C22H22FN3O6S/c1-22(21(29)25-30,33(2,31)32)7-8-26-13-24-19-10-15(18(23)11-17(19)20(26)28)6-4-3-5-14-9-16(14)12-27/h10-11,13-14,16,27,30H,7-9,12H2,1-2H3,(H,25,29)/t14?,16?,22-/m1/s1. The normalized spacial score (nSPS) is 18.9. The second-order valence-electron chi connectivity index (χ2n) is 8.09. The lowest BCUT2D eigenvalue weighted by Crippen LogP contribution is -2.50. The number of sulfone groups is 1. The van der Waals surface area contributed by atoms with Gasteiger partial charge in [0, 0.05) is 25.3 Å². The lowest BCUT2D eigenvalue weighted by molar-refractivity contribution is -0.131. The molecule has 0 saturated heterocycles. The Labute approximate surface area is 189 Å². The lowest BCUT2D eigenvalue weighted by Gasteiger charge is -2.25. The molecule has 2 unspecified atom stereocenters. The highest BCUT2D eigenvalue weighted by Gasteiger charge is 2.43. The van der Waals surface area contributed by atoms with Crippen molar-refractivity contribution in [3.63, 3.8) is 0 Å². The maximum Gasteiger partial charge on any atom is 0.264 e. The molecule has 1 aliphatic rings. The van der Waals surface area contributed by atoms with Gasteiger partial charge in [0.1, 0.15) is 5.82 Å². The van der Waals surface area contributed by atoms with Crippen LogP contribution in [0.5, 0.6) is 0 Å². The zero-order valence-corrected chi connectivity index (χ0v) is 18.7. The smallest absolute Gasteiger partial charge is 0.264 e. The highest BCUT2D eigenvalue weighted by molar-refractivity contribution is 7.92. The number of rotatable bonds is 6. The van der Waals surface area contributed by atoms with Crippen molar-refractivity contribution < 1.29 is 27.9 Å². The first-order chi connectivity index (χ1) is 15.5. The van der Waals surface area contributed by atoms with Crippen LogP contribution in [0.15, 0.2) is 23.3 Å². The molecule has 174 valence electrons. The second kappa shape index (κ2) is 9.32. The quantitative estimate of drug-likeness (QED) is 0.309. The van der Waals surface area contributed by atoms with Crippen molar-refractivity contribution >= 4 is 26.6 Å². The number of carbonyl (C=O) groups excluding carboxylic acids is 1. The number of aromatic nitrogens is 2. The first-order valence-electron chi connectivity index (χ1n) is 9.97. The zero-order chi connectivity index (χ0) is 24.4. The Bertz CT molecular complexity index is 1400. The van der Waals surface area contributed by atoms with E-state index in [0.29, 0.717) is 0 Å². The molecule has 1 aromatic heterocycles. The summed E-state index contributed by atoms with van der Waals surface area (Å²) < 4.78 is 37.7. The maximum absolute atomic E-state index is 14.5. The van der Waals surface area contributed by atoms with Crippen molar-refractivity contribution in [3.05, 3.63) is 40.2 Å². The minimum absolute atomic E-state index is 0.0141. The Hall–Kier alpha value is -3.25. The van der Waals surface area contributed by atoms with E-state index in [1.165, 1.54) is 17.9 Å². The summed E-state index contributed by atoms with van der Waals surface area (Å²) in [7, 11) is -3.94. The fourth-order valence-corrected chi connectivity index (χ4v) is 4.05. The van der Waals surface area contributed by atoms with Crippen LogP contribution in [0, 0.1) is 41.3 Å². The fourth-order valence-electron chi connectivity index (χ4n) is 3.21. The molecular weight excluding hydrogens is 453 g/mol. The average Bonchev–Trinajstić information content (AvgIpc) is 3.54. The number of carbonyl (C=O) groups is 1. The maximum atomic E-state index is 14.5. The van der Waals surface area contributed by atoms with E-state index < -0.39 is 31.9 Å². The number of aliphatic hydroxyl groups is 1. The summed E-state index contributed by atoms with van der Waals surface area (Å²) in [4.78, 5) is 28.8. The van der Waals surface area contributed by atoms with E-state index in [-0.39, 0.29) is 47.9 Å². The predicted octanol–water partition coefficient (Wildman–Crippen LogP) is 0.218. The summed E-state index contributed by atoms with van der Waals surface area (Å²) in [5.41, 5.74) is 0.920. The van der Waals surface area contributed by atoms with Crippen LogP contribution < -0.4 is 11.0 Å². The average molecular weight is 475 g/mol. The number of fused-ring (bicyclic) bond motifs is 1. The third-order valence-electron chi connectivity index (χ3n) is 5.82. The molecule has 3 rings (SSSR count). The van der Waals surface area contributed by atoms with Gasteiger partial charge in [-0.2, -0.15) is 0 Å². The molecule has 33 heavy (non-hydrogen) atoms. The van der Waals surface area contributed by atoms with Crippen LogP contribution in [-0.4, -0.2) is 51.8 Å². The van der Waals surface area contributed by atoms with Crippen molar-refractivity contribution in [1.82, 2.24) is 15.0 Å². The van der Waals surface area contributed by atoms with Crippen LogP contribution >= 0.6 is 0 Å². The molecule has 0 aliphatic heterocycles. The first kappa shape index (κ1) is 24.4. The van der Waals surface area contributed by atoms with E-state index >= 15 is 0 Å². The number of aliphatic hydroxyl groups excluding tert-OH is 1. The van der Waals surface area contributed by atoms with Gasteiger partial charge >= 0.3 is 0 Å². The summed E-state index contributed by atoms with van der Waals surface area (Å²) >= 11 is 0. The van der Waals surface area contributed by atoms with Crippen LogP contribution in [-0.2, 0) is 21.2 Å². The molecule has 1 fully saturated rings. The highest BCUT2D eigenvalue weighted by Crippen LogP contribution is 2.36. The van der Waals surface area contributed by atoms with Crippen LogP contribution in [0.25, 0.3) is 10.9 Å². The van der Waals surface area contributed by atoms with Crippen LogP contribution in [0.4, 0.5) is 4.39 Å². The summed E-state index contributed by atoms with van der Waals surface area (Å²) in [6.07, 6.45) is 2.51. The molecular formula is C22H22FN3O6S. The molecule has 1 aliphatic carbocycles. The van der Waals surface area contributed by atoms with Crippen LogP contribution in [0.1, 0.15) is 25.3 Å². The largest absolute Gasteiger partial charge is 0.396 e. The Morgan fingerprint density at radius 2 is 2.12 bits per heavy atom. The molecule has 11 heteroatoms. The minimum atomic E-state index is -3.94. The van der Waals surface area contributed by atoms with Crippen molar-refractivity contribution in [2.24, 2.45) is 11.8 Å². The van der Waals surface area contributed by atoms with E-state index in [2.05, 4.69) is 28.7 Å². The first-order valence-corrected chi connectivity index (χ1v) is 11.9. The number of hydrogen-bond donors (Lipinski definition) is 3. The number of amides is 1. The number of nitrogens with zero attached hydrogens (tertiary/aromatic N) is 2. The molecule has 3 N–H and O–H groups in total. The minimum Gasteiger partial charge on any atom is -0.396 e. The highest BCUT2D eigenvalue weighted by atomic mass is 32.2. The Morgan fingerprint density at radius 3 is 2.73 bits per heavy atom. The summed E-state index contributed by atoms with van der Waals surface area (Å²) in [6, 6.07) is 2.32. The van der Waals surface area contributed by atoms with Gasteiger partial charge in [-0.25, -0.2) is 23.3 Å². The van der Waals surface area contributed by atoms with Crippen molar-refractivity contribution in [3.8, 4) is 23.7 Å². The van der Waals surface area contributed by atoms with Crippen molar-refractivity contribution in [2.45, 2.75) is 31.1 Å². The van der Waals surface area contributed by atoms with Crippen molar-refractivity contribution in [1.29, 1.82) is 0 Å². The molecule has 1 amide bonds. The lowest BCUT2D eigenvalue weighted by atomic mass is 10.1. The molecule has 0 spiro atoms. The third kappa shape index (κ3) is 5.06. The molecule has 1 heterocycles. The Morgan fingerprint density at radius 1 is 1.39 bits per heavy atom. The number of hydroxylamine groups is 1. The monoisotopic (exact) mass is 475 g/mol. The van der Waals surface area contributed by atoms with E-state index in [0.717, 1.165) is 30.2 Å². The molecule has 0 bridgehead atoms. The summed E-state index contributed by atoms with van der Waals surface area (Å²) in [5.74, 6) is 9.09. The van der Waals surface area contributed by atoms with Crippen molar-refractivity contribution in [2.75, 3.05) is 12.9 Å². The Kier molecular flexibility index (Phi) is 6.89. The number of aryl methyl sites for hydroxylation is 1. The van der Waals surface area contributed by atoms with Gasteiger partial charge in [0.2, 0.25) is 0 Å². The zero-order valence-electron chi connectivity index (χ0n) is 17.9. The van der Waals surface area contributed by atoms with Gasteiger partial charge in [0.05, 0.1) is 22.8 Å². The molecule has 9 nitrogen and oxygen atoms in total. The van der Waals surface area contributed by atoms with Gasteiger partial charge in [-0.1, -0.05) is 5.92 Å². The number of halogens is 1. The van der Waals surface area contributed by atoms with Crippen LogP contribution in [0.3, 0.4) is 0 Å². The third-order valence-corrected chi connectivity index (χ3v) is 7.84. The van der Waals surface area contributed by atoms with Gasteiger partial charge < -0.3 is 5.11 Å². The van der Waals surface area contributed by atoms with Gasteiger partial charge in [-0.15, -0.1) is 0 Å². The van der Waals surface area contributed by atoms with E-state index in [9.17, 15) is 22.4 Å². The number of benzene rings is 1. The SMILES string of the molecule is C[C@@](CCn1cnc2cc(C#CC#CC3CC3CO)c(F)cc2c1=O)(C(=O)NO)S(C)(=O)=O. The molecule has 3 atom stereocenters. The van der Waals surface area contributed by atoms with Gasteiger partial charge in [0.25, 0.3) is 11.5 Å². The van der Waals surface area contributed by atoms with Gasteiger partial charge in [-0.3, -0.25) is 19.4 Å². The number of nitrogens with one attached hydrogen (secondary N) is 1. The molecule has 1 aromatic carbocycles. The van der Waals surface area contributed by atoms with E-state index in [4.69, 9.17) is 10.3 Å². The fraction of sp³-hybridized carbons (Fsp3) is 0.409. The van der Waals surface area contributed by atoms with Gasteiger partial charge in [0.15, 0.2) is 14.6 Å². The molecule has 1 saturated carbocycles.